The minimum absolute atomic E-state index is 0.368. The summed E-state index contributed by atoms with van der Waals surface area (Å²) in [5, 5.41) is 4.58. The van der Waals surface area contributed by atoms with E-state index in [1.165, 1.54) is 0 Å². The van der Waals surface area contributed by atoms with Crippen molar-refractivity contribution in [3.05, 3.63) is 29.0 Å². The second-order valence-corrected chi connectivity index (χ2v) is 5.61. The van der Waals surface area contributed by atoms with Gasteiger partial charge in [0.15, 0.2) is 0 Å². The van der Waals surface area contributed by atoms with Crippen molar-refractivity contribution >= 4 is 17.3 Å². The van der Waals surface area contributed by atoms with Crippen molar-refractivity contribution < 1.29 is 9.26 Å². The first-order valence-corrected chi connectivity index (χ1v) is 7.00. The summed E-state index contributed by atoms with van der Waals surface area (Å²) in [5.41, 5.74) is 6.53. The lowest BCUT2D eigenvalue weighted by molar-refractivity contribution is -0.0770. The van der Waals surface area contributed by atoms with E-state index < -0.39 is 5.60 Å². The van der Waals surface area contributed by atoms with Crippen molar-refractivity contribution in [1.29, 1.82) is 0 Å². The molecule has 1 unspecified atom stereocenters. The minimum Gasteiger partial charge on any atom is -0.399 e. The van der Waals surface area contributed by atoms with Gasteiger partial charge in [-0.1, -0.05) is 16.8 Å². The van der Waals surface area contributed by atoms with Crippen LogP contribution in [0.15, 0.2) is 22.7 Å². The molecule has 2 heterocycles. The highest BCUT2D eigenvalue weighted by Gasteiger charge is 2.35. The number of hydrogen-bond donors (Lipinski definition) is 1. The van der Waals surface area contributed by atoms with Gasteiger partial charge in [0.25, 0.3) is 5.89 Å². The molecule has 3 rings (SSSR count). The summed E-state index contributed by atoms with van der Waals surface area (Å²) < 4.78 is 11.1. The summed E-state index contributed by atoms with van der Waals surface area (Å²) in [4.78, 5) is 4.44. The van der Waals surface area contributed by atoms with Crippen molar-refractivity contribution in [2.75, 3.05) is 12.3 Å². The number of rotatable bonds is 2. The van der Waals surface area contributed by atoms with Crippen LogP contribution in [-0.2, 0) is 10.3 Å². The van der Waals surface area contributed by atoms with Crippen molar-refractivity contribution in [2.24, 2.45) is 0 Å². The van der Waals surface area contributed by atoms with Gasteiger partial charge < -0.3 is 15.0 Å². The predicted octanol–water partition coefficient (Wildman–Crippen LogP) is 3.39. The smallest absolute Gasteiger partial charge is 0.259 e. The zero-order chi connectivity index (χ0) is 14.2. The molecule has 1 aromatic carbocycles. The first kappa shape index (κ1) is 13.4. The number of aromatic nitrogens is 2. The molecule has 20 heavy (non-hydrogen) atoms. The molecule has 2 aromatic rings. The lowest BCUT2D eigenvalue weighted by atomic mass is 9.95. The second kappa shape index (κ2) is 5.07. The fourth-order valence-electron chi connectivity index (χ4n) is 2.36. The monoisotopic (exact) mass is 293 g/mol. The molecule has 1 aliphatic rings. The van der Waals surface area contributed by atoms with E-state index in [0.29, 0.717) is 28.0 Å². The molecule has 0 radical (unpaired) electrons. The highest BCUT2D eigenvalue weighted by Crippen LogP contribution is 2.35. The topological polar surface area (TPSA) is 74.2 Å². The van der Waals surface area contributed by atoms with Crippen LogP contribution in [0.3, 0.4) is 0 Å². The van der Waals surface area contributed by atoms with Crippen molar-refractivity contribution in [2.45, 2.75) is 31.8 Å². The summed E-state index contributed by atoms with van der Waals surface area (Å²) in [6, 6.07) is 5.17. The molecule has 1 atom stereocenters. The SMILES string of the molecule is CC1(c2noc(-c3cc(N)ccc3Cl)n2)CCCCO1. The summed E-state index contributed by atoms with van der Waals surface area (Å²) in [6.07, 6.45) is 3.05. The summed E-state index contributed by atoms with van der Waals surface area (Å²) in [6.45, 7) is 2.71. The molecule has 0 saturated carbocycles. The molecule has 1 saturated heterocycles. The molecule has 0 aliphatic carbocycles. The molecule has 0 spiro atoms. The van der Waals surface area contributed by atoms with E-state index in [4.69, 9.17) is 26.6 Å². The molecule has 1 aliphatic heterocycles. The van der Waals surface area contributed by atoms with Crippen LogP contribution in [0.5, 0.6) is 0 Å². The van der Waals surface area contributed by atoms with E-state index >= 15 is 0 Å². The zero-order valence-corrected chi connectivity index (χ0v) is 12.0. The third kappa shape index (κ3) is 2.39. The molecule has 2 N–H and O–H groups in total. The minimum atomic E-state index is -0.479. The first-order valence-electron chi connectivity index (χ1n) is 6.62. The third-order valence-electron chi connectivity index (χ3n) is 3.59. The van der Waals surface area contributed by atoms with Crippen LogP contribution < -0.4 is 5.73 Å². The number of benzene rings is 1. The van der Waals surface area contributed by atoms with Gasteiger partial charge in [-0.15, -0.1) is 0 Å². The highest BCUT2D eigenvalue weighted by atomic mass is 35.5. The molecule has 5 nitrogen and oxygen atoms in total. The van der Waals surface area contributed by atoms with Gasteiger partial charge in [0.2, 0.25) is 5.82 Å². The zero-order valence-electron chi connectivity index (χ0n) is 11.2. The first-order chi connectivity index (χ1) is 9.58. The van der Waals surface area contributed by atoms with Crippen LogP contribution in [-0.4, -0.2) is 16.7 Å². The number of nitrogens with zero attached hydrogens (tertiary/aromatic N) is 2. The predicted molar refractivity (Wildman–Crippen MR) is 76.3 cm³/mol. The van der Waals surface area contributed by atoms with Crippen molar-refractivity contribution in [3.8, 4) is 11.5 Å². The number of ether oxygens (including phenoxy) is 1. The van der Waals surface area contributed by atoms with Gasteiger partial charge in [0.1, 0.15) is 5.60 Å². The summed E-state index contributed by atoms with van der Waals surface area (Å²) >= 11 is 6.15. The van der Waals surface area contributed by atoms with Crippen LogP contribution >= 0.6 is 11.6 Å². The Morgan fingerprint density at radius 1 is 1.35 bits per heavy atom. The highest BCUT2D eigenvalue weighted by molar-refractivity contribution is 6.33. The molecule has 106 valence electrons. The lowest BCUT2D eigenvalue weighted by Gasteiger charge is -2.30. The normalized spacial score (nSPS) is 22.9. The number of anilines is 1. The maximum absolute atomic E-state index is 6.15. The van der Waals surface area contributed by atoms with Gasteiger partial charge in [-0.2, -0.15) is 4.98 Å². The van der Waals surface area contributed by atoms with E-state index in [-0.39, 0.29) is 0 Å². The molecule has 0 amide bonds. The van der Waals surface area contributed by atoms with Crippen LogP contribution in [0.2, 0.25) is 5.02 Å². The van der Waals surface area contributed by atoms with Crippen molar-refractivity contribution in [3.63, 3.8) is 0 Å². The molecule has 6 heteroatoms. The standard InChI is InChI=1S/C14H16ClN3O2/c1-14(6-2-3-7-19-14)13-17-12(20-18-13)10-8-9(16)4-5-11(10)15/h4-5,8H,2-3,6-7,16H2,1H3. The maximum Gasteiger partial charge on any atom is 0.259 e. The van der Waals surface area contributed by atoms with Crippen LogP contribution in [0.25, 0.3) is 11.5 Å². The fourth-order valence-corrected chi connectivity index (χ4v) is 2.56. The second-order valence-electron chi connectivity index (χ2n) is 5.20. The Morgan fingerprint density at radius 2 is 2.20 bits per heavy atom. The van der Waals surface area contributed by atoms with Gasteiger partial charge in [-0.05, 0) is 44.4 Å². The molecular weight excluding hydrogens is 278 g/mol. The van der Waals surface area contributed by atoms with E-state index in [0.717, 1.165) is 25.9 Å². The molecule has 1 fully saturated rings. The summed E-state index contributed by atoms with van der Waals surface area (Å²) in [5.74, 6) is 0.929. The van der Waals surface area contributed by atoms with Gasteiger partial charge in [-0.25, -0.2) is 0 Å². The Hall–Kier alpha value is -1.59. The number of halogens is 1. The van der Waals surface area contributed by atoms with E-state index in [9.17, 15) is 0 Å². The average molecular weight is 294 g/mol. The Morgan fingerprint density at radius 3 is 2.95 bits per heavy atom. The Bertz CT molecular complexity index is 621. The average Bonchev–Trinajstić information content (AvgIpc) is 2.93. The Kier molecular flexibility index (Phi) is 3.40. The maximum atomic E-state index is 6.15. The largest absolute Gasteiger partial charge is 0.399 e. The number of nitrogens with two attached hydrogens (primary N) is 1. The summed E-state index contributed by atoms with van der Waals surface area (Å²) in [7, 11) is 0. The number of hydrogen-bond acceptors (Lipinski definition) is 5. The quantitative estimate of drug-likeness (QED) is 0.859. The van der Waals surface area contributed by atoms with Gasteiger partial charge >= 0.3 is 0 Å². The molecule has 0 bridgehead atoms. The van der Waals surface area contributed by atoms with E-state index in [1.54, 1.807) is 18.2 Å². The van der Waals surface area contributed by atoms with E-state index in [1.807, 2.05) is 6.92 Å². The third-order valence-corrected chi connectivity index (χ3v) is 3.92. The van der Waals surface area contributed by atoms with Crippen LogP contribution in [0, 0.1) is 0 Å². The van der Waals surface area contributed by atoms with Crippen LogP contribution in [0.4, 0.5) is 5.69 Å². The van der Waals surface area contributed by atoms with Crippen molar-refractivity contribution in [1.82, 2.24) is 10.1 Å². The molecule has 1 aromatic heterocycles. The Balaban J connectivity index is 1.95. The van der Waals surface area contributed by atoms with Gasteiger partial charge in [-0.3, -0.25) is 0 Å². The lowest BCUT2D eigenvalue weighted by Crippen LogP contribution is -2.31. The van der Waals surface area contributed by atoms with Gasteiger partial charge in [0, 0.05) is 12.3 Å². The van der Waals surface area contributed by atoms with Gasteiger partial charge in [0.05, 0.1) is 10.6 Å². The fraction of sp³-hybridized carbons (Fsp3) is 0.429. The number of nitrogen functional groups attached to an aromatic ring is 1. The van der Waals surface area contributed by atoms with E-state index in [2.05, 4.69) is 10.1 Å². The molecular formula is C14H16ClN3O2. The van der Waals surface area contributed by atoms with Crippen LogP contribution in [0.1, 0.15) is 32.0 Å². The Labute approximate surface area is 122 Å².